The lowest BCUT2D eigenvalue weighted by Crippen LogP contribution is -1.95. The lowest BCUT2D eigenvalue weighted by Gasteiger charge is -1.86. The van der Waals surface area contributed by atoms with E-state index in [2.05, 4.69) is 34.6 Å². The van der Waals surface area contributed by atoms with Crippen molar-refractivity contribution in [2.75, 3.05) is 6.54 Å². The van der Waals surface area contributed by atoms with Gasteiger partial charge in [0.2, 0.25) is 0 Å². The summed E-state index contributed by atoms with van der Waals surface area (Å²) in [6, 6.07) is 0. The monoisotopic (exact) mass is 231 g/mol. The second kappa shape index (κ2) is 29.4. The Morgan fingerprint density at radius 1 is 0.500 bits per heavy atom. The molecule has 0 rings (SSSR count). The summed E-state index contributed by atoms with van der Waals surface area (Å²) in [6.45, 7) is 11.9. The minimum Gasteiger partial charge on any atom is -0.330 e. The zero-order chi connectivity index (χ0) is 13.1. The molecule has 0 spiro atoms. The van der Waals surface area contributed by atoms with Gasteiger partial charge in [0.15, 0.2) is 0 Å². The van der Waals surface area contributed by atoms with Gasteiger partial charge in [0.25, 0.3) is 0 Å². The van der Waals surface area contributed by atoms with Crippen molar-refractivity contribution in [1.29, 1.82) is 0 Å². The largest absolute Gasteiger partial charge is 0.330 e. The number of hydrogen-bond acceptors (Lipinski definition) is 1. The highest BCUT2D eigenvalue weighted by molar-refractivity contribution is 4.31. The van der Waals surface area contributed by atoms with Gasteiger partial charge in [-0.3, -0.25) is 0 Å². The number of unbranched alkanes of at least 4 members (excludes halogenated alkanes) is 6. The van der Waals surface area contributed by atoms with E-state index in [9.17, 15) is 0 Å². The van der Waals surface area contributed by atoms with Gasteiger partial charge in [-0.2, -0.15) is 0 Å². The van der Waals surface area contributed by atoms with Crippen LogP contribution in [0.15, 0.2) is 0 Å². The van der Waals surface area contributed by atoms with Crippen LogP contribution in [0.4, 0.5) is 0 Å². The molecule has 0 heterocycles. The number of nitrogens with two attached hydrogens (primary N) is 1. The molecule has 1 nitrogen and oxygen atoms in total. The van der Waals surface area contributed by atoms with Gasteiger partial charge in [-0.1, -0.05) is 86.0 Å². The van der Waals surface area contributed by atoms with Gasteiger partial charge < -0.3 is 5.73 Å². The lowest BCUT2D eigenvalue weighted by molar-refractivity contribution is 0.702. The molecule has 0 aliphatic rings. The van der Waals surface area contributed by atoms with Gasteiger partial charge in [-0.25, -0.2) is 0 Å². The van der Waals surface area contributed by atoms with E-state index in [0.717, 1.165) is 6.54 Å². The summed E-state index contributed by atoms with van der Waals surface area (Å²) in [7, 11) is 0. The van der Waals surface area contributed by atoms with E-state index in [0.29, 0.717) is 0 Å². The maximum atomic E-state index is 5.14. The van der Waals surface area contributed by atoms with Crippen LogP contribution in [0.3, 0.4) is 0 Å². The molecule has 0 aromatic carbocycles. The Labute approximate surface area is 105 Å². The average Bonchev–Trinajstić information content (AvgIpc) is 2.30. The number of rotatable bonds is 7. The van der Waals surface area contributed by atoms with Gasteiger partial charge >= 0.3 is 0 Å². The Morgan fingerprint density at radius 2 is 0.812 bits per heavy atom. The molecule has 0 fully saturated rings. The Kier molecular flexibility index (Phi) is 39.1. The quantitative estimate of drug-likeness (QED) is 0.573. The van der Waals surface area contributed by atoms with Crippen molar-refractivity contribution in [3.8, 4) is 0 Å². The van der Waals surface area contributed by atoms with E-state index in [-0.39, 0.29) is 0 Å². The summed E-state index contributed by atoms with van der Waals surface area (Å²) >= 11 is 0. The van der Waals surface area contributed by atoms with E-state index < -0.39 is 0 Å². The van der Waals surface area contributed by atoms with Crippen molar-refractivity contribution in [1.82, 2.24) is 0 Å². The molecule has 0 aliphatic carbocycles. The fraction of sp³-hybridized carbons (Fsp3) is 1.00. The van der Waals surface area contributed by atoms with Crippen LogP contribution < -0.4 is 5.73 Å². The maximum absolute atomic E-state index is 5.14. The minimum absolute atomic E-state index is 0.844. The topological polar surface area (TPSA) is 26.0 Å². The van der Waals surface area contributed by atoms with Crippen molar-refractivity contribution < 1.29 is 0 Å². The molecule has 0 aliphatic heterocycles. The molecule has 0 radical (unpaired) electrons. The highest BCUT2D eigenvalue weighted by Crippen LogP contribution is 1.95. The first kappa shape index (κ1) is 21.3. The Morgan fingerprint density at radius 3 is 0.875 bits per heavy atom. The minimum atomic E-state index is 0.844. The second-order valence-corrected chi connectivity index (χ2v) is 4.20. The normalized spacial score (nSPS) is 8.62. The second-order valence-electron chi connectivity index (χ2n) is 4.20. The average molecular weight is 231 g/mol. The van der Waals surface area contributed by atoms with E-state index in [1.165, 1.54) is 57.8 Å². The van der Waals surface area contributed by atoms with E-state index in [1.54, 1.807) is 0 Å². The summed E-state index contributed by atoms with van der Waals surface area (Å²) in [6.07, 6.45) is 12.0. The zero-order valence-corrected chi connectivity index (χ0v) is 12.6. The SMILES string of the molecule is CCCCC.CCCCCC.CCCCN. The summed E-state index contributed by atoms with van der Waals surface area (Å²) < 4.78 is 0. The standard InChI is InChI=1S/C6H14.C5H12.C4H11N/c1-3-5-6-4-2;1-3-5-4-2;1-2-3-4-5/h3-6H2,1-2H3;3-5H2,1-2H3;2-5H2,1H3. The van der Waals surface area contributed by atoms with Crippen molar-refractivity contribution in [3.05, 3.63) is 0 Å². The highest BCUT2D eigenvalue weighted by Gasteiger charge is 1.75. The maximum Gasteiger partial charge on any atom is -0.00774 e. The third-order valence-electron chi connectivity index (χ3n) is 2.22. The zero-order valence-electron chi connectivity index (χ0n) is 12.6. The predicted octanol–water partition coefficient (Wildman–Crippen LogP) is 5.53. The molecule has 0 saturated carbocycles. The molecule has 102 valence electrons. The van der Waals surface area contributed by atoms with Gasteiger partial charge in [0.1, 0.15) is 0 Å². The van der Waals surface area contributed by atoms with Gasteiger partial charge in [0, 0.05) is 0 Å². The molecule has 0 aromatic heterocycles. The first-order chi connectivity index (χ1) is 7.74. The van der Waals surface area contributed by atoms with Gasteiger partial charge in [-0.05, 0) is 13.0 Å². The van der Waals surface area contributed by atoms with Crippen LogP contribution in [0.5, 0.6) is 0 Å². The van der Waals surface area contributed by atoms with Crippen LogP contribution in [-0.2, 0) is 0 Å². The van der Waals surface area contributed by atoms with E-state index in [1.807, 2.05) is 0 Å². The third kappa shape index (κ3) is 48.4. The summed E-state index contributed by atoms with van der Waals surface area (Å²) in [5.74, 6) is 0. The molecular formula is C15H37N. The summed E-state index contributed by atoms with van der Waals surface area (Å²) in [5, 5.41) is 0. The smallest absolute Gasteiger partial charge is 0.00774 e. The molecule has 2 N–H and O–H groups in total. The fourth-order valence-electron chi connectivity index (χ4n) is 1.06. The van der Waals surface area contributed by atoms with Gasteiger partial charge in [-0.15, -0.1) is 0 Å². The molecule has 0 aromatic rings. The van der Waals surface area contributed by atoms with Crippen LogP contribution in [-0.4, -0.2) is 6.54 Å². The number of hydrogen-bond donors (Lipinski definition) is 1. The first-order valence-electron chi connectivity index (χ1n) is 7.44. The molecule has 1 heteroatoms. The van der Waals surface area contributed by atoms with Crippen LogP contribution in [0.2, 0.25) is 0 Å². The van der Waals surface area contributed by atoms with Gasteiger partial charge in [0.05, 0.1) is 0 Å². The molecule has 0 bridgehead atoms. The van der Waals surface area contributed by atoms with Crippen molar-refractivity contribution >= 4 is 0 Å². The lowest BCUT2D eigenvalue weighted by atomic mass is 10.2. The molecule has 16 heavy (non-hydrogen) atoms. The Hall–Kier alpha value is -0.0400. The van der Waals surface area contributed by atoms with Crippen molar-refractivity contribution in [2.45, 2.75) is 92.4 Å². The molecule has 0 amide bonds. The predicted molar refractivity (Wildman–Crippen MR) is 79.0 cm³/mol. The Balaban J connectivity index is -0.000000160. The van der Waals surface area contributed by atoms with Crippen molar-refractivity contribution in [2.24, 2.45) is 5.73 Å². The third-order valence-corrected chi connectivity index (χ3v) is 2.22. The molecular weight excluding hydrogens is 194 g/mol. The van der Waals surface area contributed by atoms with Crippen LogP contribution in [0.25, 0.3) is 0 Å². The van der Waals surface area contributed by atoms with E-state index in [4.69, 9.17) is 5.73 Å². The van der Waals surface area contributed by atoms with Crippen LogP contribution >= 0.6 is 0 Å². The molecule has 0 atom stereocenters. The summed E-state index contributed by atoms with van der Waals surface area (Å²) in [5.41, 5.74) is 5.14. The fourth-order valence-corrected chi connectivity index (χ4v) is 1.06. The molecule has 0 unspecified atom stereocenters. The first-order valence-corrected chi connectivity index (χ1v) is 7.44. The highest BCUT2D eigenvalue weighted by atomic mass is 14.5. The summed E-state index contributed by atoms with van der Waals surface area (Å²) in [4.78, 5) is 0. The van der Waals surface area contributed by atoms with Crippen molar-refractivity contribution in [3.63, 3.8) is 0 Å². The van der Waals surface area contributed by atoms with E-state index >= 15 is 0 Å². The van der Waals surface area contributed by atoms with Crippen LogP contribution in [0.1, 0.15) is 92.4 Å². The van der Waals surface area contributed by atoms with Crippen LogP contribution in [0, 0.1) is 0 Å². The molecule has 0 saturated heterocycles. The Bertz CT molecular complexity index is 57.8.